The van der Waals surface area contributed by atoms with Crippen molar-refractivity contribution in [1.29, 1.82) is 0 Å². The van der Waals surface area contributed by atoms with E-state index < -0.39 is 0 Å². The molecule has 0 aliphatic rings. The van der Waals surface area contributed by atoms with Crippen molar-refractivity contribution in [3.63, 3.8) is 0 Å². The molecule has 0 radical (unpaired) electrons. The molecule has 1 amide bonds. The van der Waals surface area contributed by atoms with Gasteiger partial charge in [-0.1, -0.05) is 44.2 Å². The molecule has 0 aliphatic carbocycles. The molecule has 2 heterocycles. The molecule has 7 heteroatoms. The number of nitrogens with one attached hydrogen (secondary N) is 2. The molecule has 0 fully saturated rings. The number of anilines is 3. The van der Waals surface area contributed by atoms with Gasteiger partial charge in [-0.15, -0.1) is 11.3 Å². The standard InChI is InChI=1S/C27H28N4O2S/c1-4-20-21(5-2)30-27(24-11-8-16-34-24)31-26(20)28-19-14-12-18(13-15-19)17-25(32)29-22-9-6-7-10-23(22)33-3/h6-16H,4-5,17H2,1-3H3,(H,29,32)(H,28,30,31). The van der Waals surface area contributed by atoms with E-state index in [1.807, 2.05) is 66.0 Å². The molecule has 0 aliphatic heterocycles. The summed E-state index contributed by atoms with van der Waals surface area (Å²) >= 11 is 1.64. The number of amides is 1. The van der Waals surface area contributed by atoms with Crippen LogP contribution in [-0.4, -0.2) is 23.0 Å². The molecule has 6 nitrogen and oxygen atoms in total. The summed E-state index contributed by atoms with van der Waals surface area (Å²) in [4.78, 5) is 23.2. The monoisotopic (exact) mass is 472 g/mol. The van der Waals surface area contributed by atoms with Crippen LogP contribution in [-0.2, 0) is 24.1 Å². The Morgan fingerprint density at radius 2 is 1.76 bits per heavy atom. The average molecular weight is 473 g/mol. The quantitative estimate of drug-likeness (QED) is 0.301. The molecule has 0 saturated carbocycles. The van der Waals surface area contributed by atoms with Crippen molar-refractivity contribution in [2.24, 2.45) is 0 Å². The number of benzene rings is 2. The number of rotatable bonds is 9. The van der Waals surface area contributed by atoms with Gasteiger partial charge in [0.15, 0.2) is 5.82 Å². The third kappa shape index (κ3) is 5.43. The van der Waals surface area contributed by atoms with Crippen LogP contribution < -0.4 is 15.4 Å². The summed E-state index contributed by atoms with van der Waals surface area (Å²) in [7, 11) is 1.59. The summed E-state index contributed by atoms with van der Waals surface area (Å²) in [5, 5.41) is 8.42. The maximum atomic E-state index is 12.5. The number of hydrogen-bond acceptors (Lipinski definition) is 6. The fourth-order valence-electron chi connectivity index (χ4n) is 3.78. The molecule has 4 aromatic rings. The van der Waals surface area contributed by atoms with E-state index >= 15 is 0 Å². The Balaban J connectivity index is 1.49. The first-order valence-corrected chi connectivity index (χ1v) is 12.2. The third-order valence-electron chi connectivity index (χ3n) is 5.49. The van der Waals surface area contributed by atoms with Crippen molar-refractivity contribution in [3.05, 3.63) is 82.9 Å². The second kappa shape index (κ2) is 10.9. The SMILES string of the molecule is CCc1nc(-c2cccs2)nc(Nc2ccc(CC(=O)Nc3ccccc3OC)cc2)c1CC. The highest BCUT2D eigenvalue weighted by atomic mass is 32.1. The zero-order valence-electron chi connectivity index (χ0n) is 19.6. The second-order valence-corrected chi connectivity index (χ2v) is 8.70. The first kappa shape index (κ1) is 23.4. The van der Waals surface area contributed by atoms with Crippen molar-refractivity contribution >= 4 is 34.4 Å². The smallest absolute Gasteiger partial charge is 0.228 e. The minimum Gasteiger partial charge on any atom is -0.495 e. The van der Waals surface area contributed by atoms with Gasteiger partial charge in [-0.05, 0) is 54.1 Å². The van der Waals surface area contributed by atoms with Gasteiger partial charge in [-0.25, -0.2) is 9.97 Å². The lowest BCUT2D eigenvalue weighted by Crippen LogP contribution is -2.15. The molecular weight excluding hydrogens is 444 g/mol. The molecule has 2 N–H and O–H groups in total. The topological polar surface area (TPSA) is 76.1 Å². The summed E-state index contributed by atoms with van der Waals surface area (Å²) in [5.74, 6) is 2.12. The molecular formula is C27H28N4O2S. The van der Waals surface area contributed by atoms with Crippen LogP contribution in [0.5, 0.6) is 5.75 Å². The van der Waals surface area contributed by atoms with E-state index in [4.69, 9.17) is 14.7 Å². The third-order valence-corrected chi connectivity index (χ3v) is 6.35. The first-order chi connectivity index (χ1) is 16.6. The van der Waals surface area contributed by atoms with Crippen molar-refractivity contribution in [1.82, 2.24) is 9.97 Å². The van der Waals surface area contributed by atoms with Crippen LogP contribution in [0.25, 0.3) is 10.7 Å². The Hall–Kier alpha value is -3.71. The van der Waals surface area contributed by atoms with Crippen molar-refractivity contribution in [2.75, 3.05) is 17.7 Å². The van der Waals surface area contributed by atoms with Gasteiger partial charge in [0.2, 0.25) is 5.91 Å². The molecule has 0 atom stereocenters. The number of nitrogens with zero attached hydrogens (tertiary/aromatic N) is 2. The molecule has 174 valence electrons. The van der Waals surface area contributed by atoms with Gasteiger partial charge in [0, 0.05) is 16.9 Å². The molecule has 34 heavy (non-hydrogen) atoms. The maximum absolute atomic E-state index is 12.5. The highest BCUT2D eigenvalue weighted by Crippen LogP contribution is 2.29. The first-order valence-electron chi connectivity index (χ1n) is 11.3. The second-order valence-electron chi connectivity index (χ2n) is 7.75. The minimum absolute atomic E-state index is 0.0949. The van der Waals surface area contributed by atoms with Crippen LogP contribution in [0.15, 0.2) is 66.0 Å². The van der Waals surface area contributed by atoms with E-state index in [1.54, 1.807) is 18.4 Å². The highest BCUT2D eigenvalue weighted by molar-refractivity contribution is 7.13. The molecule has 0 spiro atoms. The number of para-hydroxylation sites is 2. The van der Waals surface area contributed by atoms with Crippen LogP contribution in [0.4, 0.5) is 17.2 Å². The van der Waals surface area contributed by atoms with E-state index in [-0.39, 0.29) is 12.3 Å². The summed E-state index contributed by atoms with van der Waals surface area (Å²) in [6.45, 7) is 4.24. The number of methoxy groups -OCH3 is 1. The predicted octanol–water partition coefficient (Wildman–Crippen LogP) is 6.26. The zero-order valence-corrected chi connectivity index (χ0v) is 20.4. The van der Waals surface area contributed by atoms with Crippen molar-refractivity contribution < 1.29 is 9.53 Å². The number of carbonyl (C=O) groups excluding carboxylic acids is 1. The fourth-order valence-corrected chi connectivity index (χ4v) is 4.44. The molecule has 0 unspecified atom stereocenters. The zero-order chi connectivity index (χ0) is 23.9. The highest BCUT2D eigenvalue weighted by Gasteiger charge is 2.14. The van der Waals surface area contributed by atoms with E-state index in [0.29, 0.717) is 11.4 Å². The maximum Gasteiger partial charge on any atom is 0.228 e. The van der Waals surface area contributed by atoms with Crippen LogP contribution in [0.2, 0.25) is 0 Å². The number of aryl methyl sites for hydroxylation is 1. The lowest BCUT2D eigenvalue weighted by molar-refractivity contribution is -0.115. The lowest BCUT2D eigenvalue weighted by Gasteiger charge is -2.15. The van der Waals surface area contributed by atoms with Crippen LogP contribution >= 0.6 is 11.3 Å². The van der Waals surface area contributed by atoms with Gasteiger partial charge in [0.1, 0.15) is 11.6 Å². The minimum atomic E-state index is -0.0949. The van der Waals surface area contributed by atoms with Gasteiger partial charge < -0.3 is 15.4 Å². The number of aromatic nitrogens is 2. The summed E-state index contributed by atoms with van der Waals surface area (Å²) in [5.41, 5.74) is 4.69. The molecule has 2 aromatic carbocycles. The number of ether oxygens (including phenoxy) is 1. The summed E-state index contributed by atoms with van der Waals surface area (Å²) < 4.78 is 5.30. The fraction of sp³-hybridized carbons (Fsp3) is 0.222. The van der Waals surface area contributed by atoms with Crippen LogP contribution in [0.1, 0.15) is 30.7 Å². The largest absolute Gasteiger partial charge is 0.495 e. The molecule has 2 aromatic heterocycles. The van der Waals surface area contributed by atoms with Gasteiger partial charge in [-0.3, -0.25) is 4.79 Å². The van der Waals surface area contributed by atoms with Gasteiger partial charge in [-0.2, -0.15) is 0 Å². The number of hydrogen-bond donors (Lipinski definition) is 2. The average Bonchev–Trinajstić information content (AvgIpc) is 3.40. The Morgan fingerprint density at radius 1 is 0.971 bits per heavy atom. The van der Waals surface area contributed by atoms with E-state index in [1.165, 1.54) is 0 Å². The van der Waals surface area contributed by atoms with Gasteiger partial charge >= 0.3 is 0 Å². The summed E-state index contributed by atoms with van der Waals surface area (Å²) in [6.07, 6.45) is 1.96. The Kier molecular flexibility index (Phi) is 7.54. The predicted molar refractivity (Wildman–Crippen MR) is 139 cm³/mol. The summed E-state index contributed by atoms with van der Waals surface area (Å²) in [6, 6.07) is 19.3. The lowest BCUT2D eigenvalue weighted by atomic mass is 10.1. The van der Waals surface area contributed by atoms with Gasteiger partial charge in [0.05, 0.1) is 24.1 Å². The van der Waals surface area contributed by atoms with Crippen LogP contribution in [0.3, 0.4) is 0 Å². The van der Waals surface area contributed by atoms with Crippen molar-refractivity contribution in [2.45, 2.75) is 33.1 Å². The van der Waals surface area contributed by atoms with Gasteiger partial charge in [0.25, 0.3) is 0 Å². The van der Waals surface area contributed by atoms with E-state index in [0.717, 1.165) is 51.9 Å². The normalized spacial score (nSPS) is 10.7. The van der Waals surface area contributed by atoms with Crippen molar-refractivity contribution in [3.8, 4) is 16.5 Å². The van der Waals surface area contributed by atoms with Crippen LogP contribution in [0, 0.1) is 0 Å². The number of carbonyl (C=O) groups is 1. The molecule has 0 bridgehead atoms. The molecule has 4 rings (SSSR count). The van der Waals surface area contributed by atoms with E-state index in [2.05, 4.69) is 24.5 Å². The Bertz CT molecular complexity index is 1250. The molecule has 0 saturated heterocycles. The Morgan fingerprint density at radius 3 is 2.44 bits per heavy atom. The number of thiophene rings is 1. The Labute approximate surface area is 204 Å². The van der Waals surface area contributed by atoms with E-state index in [9.17, 15) is 4.79 Å².